The number of halogens is 1. The van der Waals surface area contributed by atoms with Gasteiger partial charge in [0.25, 0.3) is 0 Å². The molecule has 26 heavy (non-hydrogen) atoms. The molecule has 130 valence electrons. The molecule has 0 aromatic heterocycles. The first-order valence-corrected chi connectivity index (χ1v) is 9.07. The summed E-state index contributed by atoms with van der Waals surface area (Å²) in [6.07, 6.45) is -0.115. The van der Waals surface area contributed by atoms with Gasteiger partial charge in [-0.25, -0.2) is 9.89 Å². The van der Waals surface area contributed by atoms with E-state index in [1.54, 1.807) is 0 Å². The molecule has 1 N–H and O–H groups in total. The van der Waals surface area contributed by atoms with Gasteiger partial charge in [-0.2, -0.15) is 0 Å². The molecule has 3 nitrogen and oxygen atoms in total. The van der Waals surface area contributed by atoms with E-state index in [2.05, 4.69) is 53.8 Å². The Balaban J connectivity index is 1.73. The summed E-state index contributed by atoms with van der Waals surface area (Å²) < 4.78 is 0. The van der Waals surface area contributed by atoms with E-state index in [1.807, 2.05) is 48.3 Å². The highest BCUT2D eigenvalue weighted by atomic mass is 35.5. The van der Waals surface area contributed by atoms with Crippen LogP contribution in [0.15, 0.2) is 89.9 Å². The first kappa shape index (κ1) is 16.8. The van der Waals surface area contributed by atoms with Gasteiger partial charge in [0.2, 0.25) is 0 Å². The summed E-state index contributed by atoms with van der Waals surface area (Å²) in [6, 6.07) is 29.0. The molecule has 0 amide bonds. The zero-order valence-corrected chi connectivity index (χ0v) is 15.3. The second-order valence-corrected chi connectivity index (χ2v) is 6.77. The molecule has 1 unspecified atom stereocenters. The lowest BCUT2D eigenvalue weighted by atomic mass is 10.0. The van der Waals surface area contributed by atoms with Gasteiger partial charge in [-0.05, 0) is 29.8 Å². The lowest BCUT2D eigenvalue weighted by molar-refractivity contribution is 0.206. The predicted molar refractivity (Wildman–Crippen MR) is 108 cm³/mol. The topological polar surface area (TPSA) is 27.6 Å². The molecule has 4 rings (SSSR count). The zero-order chi connectivity index (χ0) is 17.9. The van der Waals surface area contributed by atoms with Gasteiger partial charge in [-0.1, -0.05) is 90.5 Å². The van der Waals surface area contributed by atoms with Crippen molar-refractivity contribution in [3.05, 3.63) is 96.1 Å². The number of alkyl halides is 1. The van der Waals surface area contributed by atoms with Crippen LogP contribution in [-0.4, -0.2) is 23.4 Å². The number of nitrogens with zero attached hydrogens (tertiary/aromatic N) is 2. The molecule has 0 saturated heterocycles. The molecule has 0 fully saturated rings. The summed E-state index contributed by atoms with van der Waals surface area (Å²) >= 11 is 6.55. The number of rotatable bonds is 3. The van der Waals surface area contributed by atoms with Crippen LogP contribution in [0, 0.1) is 0 Å². The van der Waals surface area contributed by atoms with Crippen molar-refractivity contribution in [2.45, 2.75) is 11.8 Å². The number of aliphatic imine (C=N–C) groups is 1. The zero-order valence-electron chi connectivity index (χ0n) is 14.5. The third-order valence-electron chi connectivity index (χ3n) is 4.59. The van der Waals surface area contributed by atoms with Gasteiger partial charge in [-0.3, -0.25) is 0 Å². The standard InChI is InChI=1S/C22H20ClN3/c1-26-21(17-11-6-3-7-12-17)24-20(25-22(26)23)19-14-8-13-18(15-19)16-9-4-2-5-10-16/h2-15,21-22H,1H3,(H,24,25)/t21?,22-/m0/s1. The fourth-order valence-electron chi connectivity index (χ4n) is 3.16. The summed E-state index contributed by atoms with van der Waals surface area (Å²) in [5.74, 6) is 0.815. The summed E-state index contributed by atoms with van der Waals surface area (Å²) in [5.41, 5.74) is 4.18. The van der Waals surface area contributed by atoms with Crippen LogP contribution < -0.4 is 5.32 Å². The minimum atomic E-state index is -0.326. The van der Waals surface area contributed by atoms with E-state index in [9.17, 15) is 0 Å². The normalized spacial score (nSPS) is 20.3. The molecule has 0 saturated carbocycles. The molecule has 1 aliphatic rings. The van der Waals surface area contributed by atoms with E-state index in [1.165, 1.54) is 5.56 Å². The van der Waals surface area contributed by atoms with Gasteiger partial charge in [0, 0.05) is 5.56 Å². The van der Waals surface area contributed by atoms with Gasteiger partial charge in [0.05, 0.1) is 0 Å². The molecule has 3 aromatic rings. The minimum Gasteiger partial charge on any atom is -0.342 e. The lowest BCUT2D eigenvalue weighted by Gasteiger charge is -2.35. The molecule has 0 aliphatic carbocycles. The molecule has 1 heterocycles. The fraction of sp³-hybridized carbons (Fsp3) is 0.136. The highest BCUT2D eigenvalue weighted by Gasteiger charge is 2.28. The van der Waals surface area contributed by atoms with Gasteiger partial charge in [-0.15, -0.1) is 0 Å². The van der Waals surface area contributed by atoms with Gasteiger partial charge in [0.15, 0.2) is 5.62 Å². The third kappa shape index (κ3) is 3.36. The second-order valence-electron chi connectivity index (χ2n) is 6.35. The number of hydrogen-bond acceptors (Lipinski definition) is 3. The Kier molecular flexibility index (Phi) is 4.74. The first-order valence-electron chi connectivity index (χ1n) is 8.63. The smallest absolute Gasteiger partial charge is 0.160 e. The first-order chi connectivity index (χ1) is 12.7. The number of hydrogen-bond donors (Lipinski definition) is 1. The van der Waals surface area contributed by atoms with Crippen molar-refractivity contribution in [1.29, 1.82) is 0 Å². The summed E-state index contributed by atoms with van der Waals surface area (Å²) in [6.45, 7) is 0. The van der Waals surface area contributed by atoms with Crippen LogP contribution in [0.3, 0.4) is 0 Å². The van der Waals surface area contributed by atoms with Gasteiger partial charge >= 0.3 is 0 Å². The molecule has 0 bridgehead atoms. The van der Waals surface area contributed by atoms with Crippen molar-refractivity contribution in [3.63, 3.8) is 0 Å². The Bertz CT molecular complexity index is 909. The van der Waals surface area contributed by atoms with Crippen molar-refractivity contribution < 1.29 is 0 Å². The van der Waals surface area contributed by atoms with Gasteiger partial charge < -0.3 is 5.32 Å². The maximum absolute atomic E-state index is 6.55. The van der Waals surface area contributed by atoms with Crippen LogP contribution in [-0.2, 0) is 0 Å². The van der Waals surface area contributed by atoms with Crippen LogP contribution >= 0.6 is 11.6 Å². The fourth-order valence-corrected chi connectivity index (χ4v) is 3.37. The van der Waals surface area contributed by atoms with E-state index < -0.39 is 0 Å². The van der Waals surface area contributed by atoms with E-state index in [4.69, 9.17) is 16.6 Å². The van der Waals surface area contributed by atoms with Crippen molar-refractivity contribution in [3.8, 4) is 11.1 Å². The lowest BCUT2D eigenvalue weighted by Crippen LogP contribution is -2.48. The van der Waals surface area contributed by atoms with Gasteiger partial charge in [0.1, 0.15) is 12.0 Å². The largest absolute Gasteiger partial charge is 0.342 e. The van der Waals surface area contributed by atoms with Crippen LogP contribution in [0.1, 0.15) is 17.3 Å². The van der Waals surface area contributed by atoms with Crippen LogP contribution in [0.5, 0.6) is 0 Å². The van der Waals surface area contributed by atoms with Crippen molar-refractivity contribution in [2.75, 3.05) is 7.05 Å². The maximum atomic E-state index is 6.55. The third-order valence-corrected chi connectivity index (χ3v) is 5.01. The van der Waals surface area contributed by atoms with E-state index in [-0.39, 0.29) is 11.8 Å². The molecule has 1 aliphatic heterocycles. The quantitative estimate of drug-likeness (QED) is 0.533. The predicted octanol–water partition coefficient (Wildman–Crippen LogP) is 4.86. The molecule has 3 aromatic carbocycles. The Morgan fingerprint density at radius 3 is 2.15 bits per heavy atom. The van der Waals surface area contributed by atoms with Crippen molar-refractivity contribution in [1.82, 2.24) is 10.2 Å². The number of amidine groups is 1. The summed E-state index contributed by atoms with van der Waals surface area (Å²) in [7, 11) is 1.98. The van der Waals surface area contributed by atoms with Crippen LogP contribution in [0.2, 0.25) is 0 Å². The molecular weight excluding hydrogens is 342 g/mol. The Hall–Kier alpha value is -2.62. The SMILES string of the molecule is CN1C(c2ccccc2)N=C(c2cccc(-c3ccccc3)c2)N[C@@H]1Cl. The highest BCUT2D eigenvalue weighted by molar-refractivity contribution is 6.22. The molecule has 0 spiro atoms. The van der Waals surface area contributed by atoms with Crippen molar-refractivity contribution in [2.24, 2.45) is 4.99 Å². The Labute approximate surface area is 159 Å². The maximum Gasteiger partial charge on any atom is 0.160 e. The van der Waals surface area contributed by atoms with E-state index >= 15 is 0 Å². The molecule has 4 heteroatoms. The Morgan fingerprint density at radius 1 is 0.808 bits per heavy atom. The molecule has 2 atom stereocenters. The average molecular weight is 362 g/mol. The highest BCUT2D eigenvalue weighted by Crippen LogP contribution is 2.28. The summed E-state index contributed by atoms with van der Waals surface area (Å²) in [5, 5.41) is 3.30. The average Bonchev–Trinajstić information content (AvgIpc) is 2.71. The van der Waals surface area contributed by atoms with Crippen LogP contribution in [0.25, 0.3) is 11.1 Å². The molecular formula is C22H20ClN3. The minimum absolute atomic E-state index is 0.115. The van der Waals surface area contributed by atoms with E-state index in [0.29, 0.717) is 0 Å². The summed E-state index contributed by atoms with van der Waals surface area (Å²) in [4.78, 5) is 6.95. The monoisotopic (exact) mass is 361 g/mol. The van der Waals surface area contributed by atoms with E-state index in [0.717, 1.165) is 22.5 Å². The number of benzene rings is 3. The molecule has 0 radical (unpaired) electrons. The van der Waals surface area contributed by atoms with Crippen molar-refractivity contribution >= 4 is 17.4 Å². The van der Waals surface area contributed by atoms with Crippen LogP contribution in [0.4, 0.5) is 0 Å². The second kappa shape index (κ2) is 7.32. The number of nitrogens with one attached hydrogen (secondary N) is 1. The Morgan fingerprint density at radius 2 is 1.42 bits per heavy atom.